The van der Waals surface area contributed by atoms with Crippen LogP contribution in [0.2, 0.25) is 0 Å². The molecular weight excluding hydrogens is 756 g/mol. The highest BCUT2D eigenvalue weighted by Crippen LogP contribution is 2.53. The first kappa shape index (κ1) is 39.1. The maximum atomic E-state index is 11.5. The number of fused-ring (bicyclic) bond motifs is 2. The minimum Gasteiger partial charge on any atom is -0.507 e. The zero-order valence-corrected chi connectivity index (χ0v) is 30.0. The van der Waals surface area contributed by atoms with Crippen molar-refractivity contribution >= 4 is 11.0 Å². The van der Waals surface area contributed by atoms with E-state index in [2.05, 4.69) is 0 Å². The van der Waals surface area contributed by atoms with Crippen LogP contribution in [0.3, 0.4) is 0 Å². The van der Waals surface area contributed by atoms with E-state index in [9.17, 15) is 66.4 Å². The molecule has 0 amide bonds. The summed E-state index contributed by atoms with van der Waals surface area (Å²) in [6, 6.07) is 9.24. The van der Waals surface area contributed by atoms with E-state index in [4.69, 9.17) is 23.4 Å². The molecule has 0 bridgehead atoms. The second-order valence-corrected chi connectivity index (χ2v) is 13.8. The van der Waals surface area contributed by atoms with Crippen molar-refractivity contribution in [3.63, 3.8) is 0 Å². The van der Waals surface area contributed by atoms with E-state index >= 15 is 0 Å². The maximum Gasteiger partial charge on any atom is 0.402 e. The van der Waals surface area contributed by atoms with Crippen LogP contribution in [0.4, 0.5) is 0 Å². The molecule has 0 aliphatic carbocycles. The van der Waals surface area contributed by atoms with Gasteiger partial charge in [-0.25, -0.2) is 4.42 Å². The number of ether oxygens (including phenoxy) is 4. The number of aromatic hydroxyl groups is 8. The van der Waals surface area contributed by atoms with Gasteiger partial charge in [0.05, 0.1) is 25.4 Å². The van der Waals surface area contributed by atoms with Crippen LogP contribution < -0.4 is 14.2 Å². The number of hydrogen-bond acceptors (Lipinski definition) is 17. The SMILES string of the molecule is COc1cc(-c2[o+]c3c(C(C)c4c(O)cc(O)c5c4OC(c4ccc(O)c(O)c4)C(O)C5)c(O)cc(O)c3cc2O[C@@H]2O[C@H](CO)[C@@H](O)[C@H](O)[C@H]2O)cc(O)c1O. The third kappa shape index (κ3) is 6.67. The van der Waals surface area contributed by atoms with Gasteiger partial charge in [0.25, 0.3) is 0 Å². The molecule has 18 heteroatoms. The number of aliphatic hydroxyl groups is 5. The van der Waals surface area contributed by atoms with E-state index in [-0.39, 0.29) is 68.2 Å². The molecule has 3 heterocycles. The zero-order valence-electron chi connectivity index (χ0n) is 30.0. The van der Waals surface area contributed by atoms with Gasteiger partial charge in [-0.05, 0) is 17.7 Å². The van der Waals surface area contributed by atoms with E-state index in [0.717, 1.165) is 18.2 Å². The minimum atomic E-state index is -1.89. The third-order valence-corrected chi connectivity index (χ3v) is 10.2. The molecule has 18 nitrogen and oxygen atoms in total. The molecule has 1 fully saturated rings. The number of rotatable bonds is 8. The lowest BCUT2D eigenvalue weighted by Crippen LogP contribution is -2.60. The fourth-order valence-corrected chi connectivity index (χ4v) is 7.25. The second kappa shape index (κ2) is 14.7. The summed E-state index contributed by atoms with van der Waals surface area (Å²) in [5, 5.41) is 138. The molecule has 57 heavy (non-hydrogen) atoms. The number of phenols is 8. The smallest absolute Gasteiger partial charge is 0.402 e. The van der Waals surface area contributed by atoms with Gasteiger partial charge in [-0.3, -0.25) is 0 Å². The molecule has 4 aromatic carbocycles. The fourth-order valence-electron chi connectivity index (χ4n) is 7.25. The molecule has 13 N–H and O–H groups in total. The van der Waals surface area contributed by atoms with Crippen LogP contribution in [-0.2, 0) is 11.2 Å². The van der Waals surface area contributed by atoms with Crippen molar-refractivity contribution in [2.75, 3.05) is 13.7 Å². The van der Waals surface area contributed by atoms with Crippen molar-refractivity contribution in [2.45, 2.75) is 62.2 Å². The normalized spacial score (nSPS) is 23.7. The highest BCUT2D eigenvalue weighted by Gasteiger charge is 2.46. The number of phenolic OH excluding ortho intramolecular Hbond substituents is 8. The molecule has 8 atom stereocenters. The minimum absolute atomic E-state index is 0.0210. The largest absolute Gasteiger partial charge is 0.507 e. The molecule has 1 aromatic heterocycles. The van der Waals surface area contributed by atoms with Crippen LogP contribution in [0.15, 0.2) is 52.9 Å². The summed E-state index contributed by atoms with van der Waals surface area (Å²) in [5.74, 6) is -6.41. The first-order chi connectivity index (χ1) is 27.0. The summed E-state index contributed by atoms with van der Waals surface area (Å²) in [6.45, 7) is 0.745. The predicted molar refractivity (Wildman–Crippen MR) is 194 cm³/mol. The average molecular weight is 796 g/mol. The van der Waals surface area contributed by atoms with Gasteiger partial charge in [-0.2, -0.15) is 0 Å². The topological polar surface area (TPSA) is 311 Å². The van der Waals surface area contributed by atoms with E-state index < -0.39 is 101 Å². The van der Waals surface area contributed by atoms with E-state index in [1.54, 1.807) is 0 Å². The summed E-state index contributed by atoms with van der Waals surface area (Å²) in [5.41, 5.74) is -0.0834. The van der Waals surface area contributed by atoms with Crippen LogP contribution >= 0.6 is 0 Å². The van der Waals surface area contributed by atoms with Crippen molar-refractivity contribution < 1.29 is 89.7 Å². The monoisotopic (exact) mass is 795 g/mol. The fraction of sp³-hybridized carbons (Fsp3) is 0.308. The van der Waals surface area contributed by atoms with Gasteiger partial charge in [0.2, 0.25) is 17.8 Å². The van der Waals surface area contributed by atoms with Gasteiger partial charge in [0, 0.05) is 53.8 Å². The summed E-state index contributed by atoms with van der Waals surface area (Å²) < 4.78 is 29.3. The van der Waals surface area contributed by atoms with Crippen LogP contribution in [-0.4, -0.2) is 117 Å². The number of hydrogen-bond donors (Lipinski definition) is 13. The van der Waals surface area contributed by atoms with Crippen molar-refractivity contribution in [1.82, 2.24) is 0 Å². The molecular formula is C39H39O18+. The highest BCUT2D eigenvalue weighted by molar-refractivity contribution is 5.92. The Morgan fingerprint density at radius 3 is 2.12 bits per heavy atom. The van der Waals surface area contributed by atoms with E-state index in [0.29, 0.717) is 0 Å². The first-order valence-corrected chi connectivity index (χ1v) is 17.4. The molecule has 302 valence electrons. The lowest BCUT2D eigenvalue weighted by Gasteiger charge is -2.39. The first-order valence-electron chi connectivity index (χ1n) is 17.4. The van der Waals surface area contributed by atoms with Crippen LogP contribution in [0.1, 0.15) is 41.2 Å². The van der Waals surface area contributed by atoms with Crippen molar-refractivity contribution in [3.05, 3.63) is 70.8 Å². The predicted octanol–water partition coefficient (Wildman–Crippen LogP) is 2.40. The molecule has 0 spiro atoms. The molecule has 2 aliphatic heterocycles. The second-order valence-electron chi connectivity index (χ2n) is 13.8. The Morgan fingerprint density at radius 2 is 1.44 bits per heavy atom. The van der Waals surface area contributed by atoms with Gasteiger partial charge in [-0.15, -0.1) is 0 Å². The lowest BCUT2D eigenvalue weighted by atomic mass is 9.85. The van der Waals surface area contributed by atoms with Gasteiger partial charge in [0.15, 0.2) is 23.0 Å². The quantitative estimate of drug-likeness (QED) is 0.0792. The number of methoxy groups -OCH3 is 1. The zero-order chi connectivity index (χ0) is 41.2. The van der Waals surface area contributed by atoms with E-state index in [1.807, 2.05) is 0 Å². The Labute approximate surface area is 321 Å². The van der Waals surface area contributed by atoms with Gasteiger partial charge in [0.1, 0.15) is 70.2 Å². The van der Waals surface area contributed by atoms with Crippen molar-refractivity contribution in [1.29, 1.82) is 0 Å². The van der Waals surface area contributed by atoms with Crippen LogP contribution in [0, 0.1) is 0 Å². The Balaban J connectivity index is 1.43. The van der Waals surface area contributed by atoms with Gasteiger partial charge >= 0.3 is 11.3 Å². The van der Waals surface area contributed by atoms with Crippen LogP contribution in [0.25, 0.3) is 22.3 Å². The molecule has 1 saturated heterocycles. The molecule has 5 aromatic rings. The third-order valence-electron chi connectivity index (χ3n) is 10.2. The molecule has 3 unspecified atom stereocenters. The molecule has 0 saturated carbocycles. The maximum absolute atomic E-state index is 11.5. The summed E-state index contributed by atoms with van der Waals surface area (Å²) in [7, 11) is 1.21. The molecule has 0 radical (unpaired) electrons. The average Bonchev–Trinajstić information content (AvgIpc) is 3.17. The Bertz CT molecular complexity index is 2360. The standard InChI is InChI=1S/C39H38O18/c1-13(29-22(45)10-19(42)16-8-25(48)35(56-37(16)29)14-3-4-18(41)21(44)5-14)30-23(46)11-20(43)17-9-27(54-39-34(52)33(51)32(50)28(12-40)55-39)36(57-38(17)30)15-6-24(47)31(49)26(7-15)53-2/h3-7,9-11,13,25,28,32-35,39-40,48,50-52H,8,12H2,1-2H3,(H7-,41,42,43,44,45,46,47,49)/p+1/t13?,25?,28-,32-,33+,34-,35?,39-/m1/s1. The molecule has 7 rings (SSSR count). The van der Waals surface area contributed by atoms with Crippen molar-refractivity contribution in [3.8, 4) is 74.6 Å². The van der Waals surface area contributed by atoms with Crippen molar-refractivity contribution in [2.24, 2.45) is 0 Å². The number of aliphatic hydroxyl groups excluding tert-OH is 5. The Morgan fingerprint density at radius 1 is 0.737 bits per heavy atom. The van der Waals surface area contributed by atoms with Crippen LogP contribution in [0.5, 0.6) is 63.2 Å². The summed E-state index contributed by atoms with van der Waals surface area (Å²) in [6.07, 6.45) is -11.3. The highest BCUT2D eigenvalue weighted by atomic mass is 16.7. The number of benzene rings is 4. The summed E-state index contributed by atoms with van der Waals surface area (Å²) in [4.78, 5) is 0. The van der Waals surface area contributed by atoms with Gasteiger partial charge in [-0.1, -0.05) is 13.0 Å². The Hall–Kier alpha value is -6.15. The molecule has 2 aliphatic rings. The van der Waals surface area contributed by atoms with Gasteiger partial charge < -0.3 is 85.3 Å². The summed E-state index contributed by atoms with van der Waals surface area (Å²) >= 11 is 0. The van der Waals surface area contributed by atoms with E-state index in [1.165, 1.54) is 44.4 Å². The Kier molecular flexibility index (Phi) is 10.1. The lowest BCUT2D eigenvalue weighted by molar-refractivity contribution is -0.277.